The minimum atomic E-state index is -0.498. The normalized spacial score (nSPS) is 13.8. The Bertz CT molecular complexity index is 1450. The lowest BCUT2D eigenvalue weighted by atomic mass is 10.1. The van der Waals surface area contributed by atoms with E-state index in [-0.39, 0.29) is 11.7 Å². The third-order valence-corrected chi connectivity index (χ3v) is 7.42. The van der Waals surface area contributed by atoms with E-state index >= 15 is 0 Å². The molecule has 1 aliphatic heterocycles. The summed E-state index contributed by atoms with van der Waals surface area (Å²) in [6, 6.07) is 19.4. The number of rotatable bonds is 4. The summed E-state index contributed by atoms with van der Waals surface area (Å²) in [5.41, 5.74) is 2.55. The molecule has 0 aliphatic carbocycles. The van der Waals surface area contributed by atoms with Crippen LogP contribution < -0.4 is 10.3 Å². The molecule has 0 radical (unpaired) electrons. The Balaban J connectivity index is 1.32. The fourth-order valence-electron chi connectivity index (χ4n) is 4.42. The van der Waals surface area contributed by atoms with Crippen molar-refractivity contribution in [2.24, 2.45) is 0 Å². The highest BCUT2D eigenvalue weighted by molar-refractivity contribution is 7.19. The van der Waals surface area contributed by atoms with Gasteiger partial charge in [-0.05, 0) is 68.3 Å². The molecule has 1 amide bonds. The molecule has 36 heavy (non-hydrogen) atoms. The van der Waals surface area contributed by atoms with E-state index in [0.29, 0.717) is 25.4 Å². The Morgan fingerprint density at radius 2 is 1.78 bits per heavy atom. The van der Waals surface area contributed by atoms with Crippen molar-refractivity contribution in [3.05, 3.63) is 93.2 Å². The van der Waals surface area contributed by atoms with Crippen molar-refractivity contribution in [2.75, 3.05) is 13.1 Å². The summed E-state index contributed by atoms with van der Waals surface area (Å²) in [6.45, 7) is 7.37. The molecule has 6 nitrogen and oxygen atoms in total. The van der Waals surface area contributed by atoms with E-state index < -0.39 is 5.60 Å². The first-order valence-corrected chi connectivity index (χ1v) is 13.0. The van der Waals surface area contributed by atoms with Gasteiger partial charge in [0.2, 0.25) is 0 Å². The molecule has 186 valence electrons. The maximum atomic E-state index is 12.9. The van der Waals surface area contributed by atoms with E-state index in [4.69, 9.17) is 9.47 Å². The van der Waals surface area contributed by atoms with Crippen molar-refractivity contribution in [1.82, 2.24) is 9.47 Å². The lowest BCUT2D eigenvalue weighted by molar-refractivity contribution is 0.0259. The number of carbonyl (C=O) groups is 1. The molecule has 0 atom stereocenters. The molecule has 0 saturated heterocycles. The Morgan fingerprint density at radius 3 is 2.53 bits per heavy atom. The first kappa shape index (κ1) is 24.1. The largest absolute Gasteiger partial charge is 0.489 e. The zero-order valence-corrected chi connectivity index (χ0v) is 21.6. The standard InChI is InChI=1S/C29H30N2O4S/c1-29(2,3)35-28(33)30-14-12-24-23-10-9-21(17-26(23)36-25(24)13-15-30)31-16-11-22(18-27(31)32)34-19-20-7-5-4-6-8-20/h4-11,16-18H,12-15,19H2,1-3H3. The van der Waals surface area contributed by atoms with Gasteiger partial charge in [-0.15, -0.1) is 11.3 Å². The molecular weight excluding hydrogens is 472 g/mol. The molecule has 0 unspecified atom stereocenters. The zero-order valence-electron chi connectivity index (χ0n) is 20.8. The number of benzene rings is 2. The maximum absolute atomic E-state index is 12.9. The minimum Gasteiger partial charge on any atom is -0.489 e. The summed E-state index contributed by atoms with van der Waals surface area (Å²) in [6.07, 6.45) is 3.11. The second-order valence-corrected chi connectivity index (χ2v) is 11.1. The lowest BCUT2D eigenvalue weighted by Crippen LogP contribution is -2.38. The van der Waals surface area contributed by atoms with Crippen LogP contribution >= 0.6 is 11.3 Å². The molecule has 7 heteroatoms. The first-order valence-electron chi connectivity index (χ1n) is 12.2. The molecule has 5 rings (SSSR count). The predicted molar refractivity (Wildman–Crippen MR) is 143 cm³/mol. The highest BCUT2D eigenvalue weighted by Gasteiger charge is 2.25. The van der Waals surface area contributed by atoms with Crippen LogP contribution in [0.15, 0.2) is 71.7 Å². The number of hydrogen-bond donors (Lipinski definition) is 0. The Morgan fingerprint density at radius 1 is 1.00 bits per heavy atom. The molecule has 1 aliphatic rings. The van der Waals surface area contributed by atoms with Crippen LogP contribution in [0.1, 0.15) is 36.8 Å². The summed E-state index contributed by atoms with van der Waals surface area (Å²) >= 11 is 1.74. The smallest absolute Gasteiger partial charge is 0.410 e. The van der Waals surface area contributed by atoms with Crippen molar-refractivity contribution in [2.45, 2.75) is 45.8 Å². The van der Waals surface area contributed by atoms with Crippen LogP contribution in [-0.4, -0.2) is 34.3 Å². The van der Waals surface area contributed by atoms with Crippen LogP contribution in [0.5, 0.6) is 5.75 Å². The van der Waals surface area contributed by atoms with Crippen molar-refractivity contribution in [3.63, 3.8) is 0 Å². The molecule has 0 fully saturated rings. The summed E-state index contributed by atoms with van der Waals surface area (Å²) in [5.74, 6) is 0.554. The number of ether oxygens (including phenoxy) is 2. The second-order valence-electron chi connectivity index (χ2n) is 10.00. The third-order valence-electron chi connectivity index (χ3n) is 6.17. The highest BCUT2D eigenvalue weighted by atomic mass is 32.1. The van der Waals surface area contributed by atoms with Crippen LogP contribution in [0.4, 0.5) is 4.79 Å². The third kappa shape index (κ3) is 5.31. The average molecular weight is 503 g/mol. The van der Waals surface area contributed by atoms with E-state index in [1.54, 1.807) is 27.0 Å². The number of thiophene rings is 1. The van der Waals surface area contributed by atoms with Crippen LogP contribution in [0, 0.1) is 0 Å². The first-order chi connectivity index (χ1) is 17.3. The maximum Gasteiger partial charge on any atom is 0.410 e. The zero-order chi connectivity index (χ0) is 25.3. The second kappa shape index (κ2) is 9.82. The number of amides is 1. The molecule has 0 bridgehead atoms. The summed E-state index contributed by atoms with van der Waals surface area (Å²) in [4.78, 5) is 28.5. The van der Waals surface area contributed by atoms with Crippen LogP contribution in [0.25, 0.3) is 15.8 Å². The van der Waals surface area contributed by atoms with Crippen molar-refractivity contribution in [1.29, 1.82) is 0 Å². The molecule has 0 N–H and O–H groups in total. The molecule has 2 aromatic carbocycles. The van der Waals surface area contributed by atoms with Gasteiger partial charge >= 0.3 is 6.09 Å². The molecule has 3 heterocycles. The summed E-state index contributed by atoms with van der Waals surface area (Å²) in [7, 11) is 0. The summed E-state index contributed by atoms with van der Waals surface area (Å²) < 4.78 is 14.2. The molecule has 0 saturated carbocycles. The van der Waals surface area contributed by atoms with E-state index in [1.165, 1.54) is 21.9 Å². The Kier molecular flexibility index (Phi) is 6.58. The fraction of sp³-hybridized carbons (Fsp3) is 0.310. The number of pyridine rings is 1. The number of hydrogen-bond acceptors (Lipinski definition) is 5. The van der Waals surface area contributed by atoms with Crippen molar-refractivity contribution in [3.8, 4) is 11.4 Å². The number of aromatic nitrogens is 1. The van der Waals surface area contributed by atoms with Gasteiger partial charge < -0.3 is 14.4 Å². The number of carbonyl (C=O) groups excluding carboxylic acids is 1. The van der Waals surface area contributed by atoms with E-state index in [1.807, 2.05) is 63.2 Å². The SMILES string of the molecule is CC(C)(C)OC(=O)N1CCc2sc3cc(-n4ccc(OCc5ccccc5)cc4=O)ccc3c2CC1. The van der Waals surface area contributed by atoms with E-state index in [9.17, 15) is 9.59 Å². The van der Waals surface area contributed by atoms with Crippen molar-refractivity contribution < 1.29 is 14.3 Å². The molecule has 0 spiro atoms. The quantitative estimate of drug-likeness (QED) is 0.345. The highest BCUT2D eigenvalue weighted by Crippen LogP contribution is 2.35. The van der Waals surface area contributed by atoms with Gasteiger partial charge in [0.1, 0.15) is 18.0 Å². The van der Waals surface area contributed by atoms with E-state index in [2.05, 4.69) is 12.1 Å². The van der Waals surface area contributed by atoms with E-state index in [0.717, 1.165) is 28.8 Å². The minimum absolute atomic E-state index is 0.133. The monoisotopic (exact) mass is 502 g/mol. The van der Waals surface area contributed by atoms with Gasteiger partial charge in [0.15, 0.2) is 0 Å². The molecule has 2 aromatic heterocycles. The fourth-order valence-corrected chi connectivity index (χ4v) is 5.70. The Labute approximate surface area is 214 Å². The van der Waals surface area contributed by atoms with Crippen molar-refractivity contribution >= 4 is 27.5 Å². The van der Waals surface area contributed by atoms with Crippen LogP contribution in [0.2, 0.25) is 0 Å². The van der Waals surface area contributed by atoms with Crippen LogP contribution in [-0.2, 0) is 24.2 Å². The lowest BCUT2D eigenvalue weighted by Gasteiger charge is -2.26. The number of fused-ring (bicyclic) bond motifs is 3. The molecular formula is C29H30N2O4S. The molecule has 4 aromatic rings. The van der Waals surface area contributed by atoms with Gasteiger partial charge in [-0.25, -0.2) is 4.79 Å². The van der Waals surface area contributed by atoms with Gasteiger partial charge in [0.25, 0.3) is 5.56 Å². The van der Waals surface area contributed by atoms with Gasteiger partial charge in [0, 0.05) is 34.9 Å². The van der Waals surface area contributed by atoms with Gasteiger partial charge in [-0.3, -0.25) is 9.36 Å². The topological polar surface area (TPSA) is 60.8 Å². The van der Waals surface area contributed by atoms with Gasteiger partial charge in [-0.1, -0.05) is 36.4 Å². The van der Waals surface area contributed by atoms with Gasteiger partial charge in [-0.2, -0.15) is 0 Å². The summed E-state index contributed by atoms with van der Waals surface area (Å²) in [5, 5.41) is 1.20. The number of nitrogens with zero attached hydrogens (tertiary/aromatic N) is 2. The average Bonchev–Trinajstić information content (AvgIpc) is 3.05. The van der Waals surface area contributed by atoms with Gasteiger partial charge in [0.05, 0.1) is 5.69 Å². The Hall–Kier alpha value is -3.58. The predicted octanol–water partition coefficient (Wildman–Crippen LogP) is 5.97. The van der Waals surface area contributed by atoms with Crippen LogP contribution in [0.3, 0.4) is 0 Å².